The Morgan fingerprint density at radius 3 is 2.78 bits per heavy atom. The van der Waals surface area contributed by atoms with Gasteiger partial charge in [-0.3, -0.25) is 4.99 Å². The molecule has 1 unspecified atom stereocenters. The van der Waals surface area contributed by atoms with E-state index in [4.69, 9.17) is 0 Å². The van der Waals surface area contributed by atoms with E-state index in [0.29, 0.717) is 24.5 Å². The van der Waals surface area contributed by atoms with E-state index < -0.39 is 5.82 Å². The summed E-state index contributed by atoms with van der Waals surface area (Å²) in [7, 11) is 1.71. The zero-order valence-electron chi connectivity index (χ0n) is 13.5. The molecule has 1 fully saturated rings. The summed E-state index contributed by atoms with van der Waals surface area (Å²) in [5.41, 5.74) is 0.376. The van der Waals surface area contributed by atoms with Crippen LogP contribution in [0, 0.1) is 11.6 Å². The van der Waals surface area contributed by atoms with Gasteiger partial charge < -0.3 is 10.6 Å². The summed E-state index contributed by atoms with van der Waals surface area (Å²) >= 11 is 1.98. The van der Waals surface area contributed by atoms with Crippen molar-refractivity contribution in [3.63, 3.8) is 0 Å². The van der Waals surface area contributed by atoms with Crippen LogP contribution in [-0.2, 0) is 6.42 Å². The topological polar surface area (TPSA) is 36.4 Å². The Balaban J connectivity index is 0.00000264. The van der Waals surface area contributed by atoms with Gasteiger partial charge in [-0.1, -0.05) is 0 Å². The van der Waals surface area contributed by atoms with Crippen molar-refractivity contribution in [1.29, 1.82) is 0 Å². The van der Waals surface area contributed by atoms with Crippen LogP contribution in [0.25, 0.3) is 0 Å². The first-order valence-corrected chi connectivity index (χ1v) is 8.53. The summed E-state index contributed by atoms with van der Waals surface area (Å²) in [6.07, 6.45) is 2.88. The molecule has 2 rings (SSSR count). The molecule has 1 atom stereocenters. The molecule has 0 bridgehead atoms. The Kier molecular flexibility index (Phi) is 8.60. The van der Waals surface area contributed by atoms with E-state index in [9.17, 15) is 8.78 Å². The van der Waals surface area contributed by atoms with Crippen LogP contribution in [0.5, 0.6) is 0 Å². The molecule has 1 aliphatic rings. The van der Waals surface area contributed by atoms with Crippen LogP contribution in [0.3, 0.4) is 0 Å². The lowest BCUT2D eigenvalue weighted by Crippen LogP contribution is -2.44. The molecule has 0 radical (unpaired) electrons. The molecule has 130 valence electrons. The van der Waals surface area contributed by atoms with E-state index >= 15 is 0 Å². The monoisotopic (exact) mass is 455 g/mol. The van der Waals surface area contributed by atoms with Gasteiger partial charge in [0.25, 0.3) is 0 Å². The molecule has 0 aromatic heterocycles. The number of nitrogens with one attached hydrogen (secondary N) is 2. The van der Waals surface area contributed by atoms with Gasteiger partial charge in [-0.05, 0) is 55.7 Å². The lowest BCUT2D eigenvalue weighted by atomic mass is 10.1. The van der Waals surface area contributed by atoms with E-state index in [1.54, 1.807) is 7.05 Å². The van der Waals surface area contributed by atoms with Crippen LogP contribution in [0.4, 0.5) is 8.78 Å². The van der Waals surface area contributed by atoms with Crippen molar-refractivity contribution in [2.45, 2.75) is 30.9 Å². The lowest BCUT2D eigenvalue weighted by molar-refractivity contribution is 0.577. The summed E-state index contributed by atoms with van der Waals surface area (Å²) in [4.78, 5) is 4.17. The number of nitrogens with zero attached hydrogens (tertiary/aromatic N) is 1. The van der Waals surface area contributed by atoms with Crippen molar-refractivity contribution in [1.82, 2.24) is 10.6 Å². The molecule has 2 N–H and O–H groups in total. The summed E-state index contributed by atoms with van der Waals surface area (Å²) in [6.45, 7) is 3.61. The number of hydrogen-bond donors (Lipinski definition) is 2. The number of thioether (sulfide) groups is 1. The molecule has 1 heterocycles. The molecule has 1 aromatic carbocycles. The second kappa shape index (κ2) is 9.66. The van der Waals surface area contributed by atoms with Crippen molar-refractivity contribution in [2.75, 3.05) is 25.9 Å². The van der Waals surface area contributed by atoms with Crippen molar-refractivity contribution >= 4 is 41.7 Å². The first-order valence-electron chi connectivity index (χ1n) is 7.55. The summed E-state index contributed by atoms with van der Waals surface area (Å²) < 4.78 is 26.9. The van der Waals surface area contributed by atoms with Crippen LogP contribution < -0.4 is 10.6 Å². The maximum absolute atomic E-state index is 13.5. The van der Waals surface area contributed by atoms with Crippen LogP contribution in [0.2, 0.25) is 0 Å². The molecule has 0 spiro atoms. The summed E-state index contributed by atoms with van der Waals surface area (Å²) in [5, 5.41) is 6.46. The SMILES string of the molecule is CN=C(NCCc1cc(F)ccc1F)NCC1(C)CCCS1.I. The Morgan fingerprint density at radius 1 is 1.35 bits per heavy atom. The van der Waals surface area contributed by atoms with Crippen molar-refractivity contribution in [2.24, 2.45) is 4.99 Å². The minimum atomic E-state index is -0.412. The molecule has 1 aromatic rings. The molecule has 23 heavy (non-hydrogen) atoms. The van der Waals surface area contributed by atoms with Gasteiger partial charge >= 0.3 is 0 Å². The summed E-state index contributed by atoms with van der Waals surface area (Å²) in [5.74, 6) is 1.12. The number of halogens is 3. The third kappa shape index (κ3) is 6.45. The molecule has 0 saturated carbocycles. The van der Waals surface area contributed by atoms with E-state index in [1.165, 1.54) is 24.7 Å². The molecule has 0 aliphatic carbocycles. The highest BCUT2D eigenvalue weighted by Crippen LogP contribution is 2.36. The van der Waals surface area contributed by atoms with Crippen molar-refractivity contribution in [3.05, 3.63) is 35.4 Å². The number of benzene rings is 1. The number of hydrogen-bond acceptors (Lipinski definition) is 2. The zero-order valence-corrected chi connectivity index (χ0v) is 16.6. The van der Waals surface area contributed by atoms with E-state index in [2.05, 4.69) is 22.5 Å². The smallest absolute Gasteiger partial charge is 0.191 e. The third-order valence-electron chi connectivity index (χ3n) is 3.85. The molecule has 1 saturated heterocycles. The maximum atomic E-state index is 13.5. The minimum Gasteiger partial charge on any atom is -0.356 e. The van der Waals surface area contributed by atoms with Crippen LogP contribution in [-0.4, -0.2) is 36.6 Å². The van der Waals surface area contributed by atoms with E-state index in [1.807, 2.05) is 11.8 Å². The minimum absolute atomic E-state index is 0. The Bertz CT molecular complexity index is 534. The van der Waals surface area contributed by atoms with Gasteiger partial charge in [0.05, 0.1) is 0 Å². The van der Waals surface area contributed by atoms with E-state index in [-0.39, 0.29) is 34.5 Å². The predicted molar refractivity (Wildman–Crippen MR) is 105 cm³/mol. The quantitative estimate of drug-likeness (QED) is 0.405. The fourth-order valence-corrected chi connectivity index (χ4v) is 3.76. The predicted octanol–water partition coefficient (Wildman–Crippen LogP) is 3.58. The largest absolute Gasteiger partial charge is 0.356 e. The van der Waals surface area contributed by atoms with Crippen molar-refractivity contribution < 1.29 is 8.78 Å². The summed E-state index contributed by atoms with van der Waals surface area (Å²) in [6, 6.07) is 3.53. The van der Waals surface area contributed by atoms with Gasteiger partial charge in [0.15, 0.2) is 5.96 Å². The van der Waals surface area contributed by atoms with Gasteiger partial charge in [-0.25, -0.2) is 8.78 Å². The fourth-order valence-electron chi connectivity index (χ4n) is 2.52. The van der Waals surface area contributed by atoms with Crippen molar-refractivity contribution in [3.8, 4) is 0 Å². The van der Waals surface area contributed by atoms with Gasteiger partial charge in [0.2, 0.25) is 0 Å². The molecular formula is C16H24F2IN3S. The highest BCUT2D eigenvalue weighted by Gasteiger charge is 2.29. The Labute approximate surface area is 158 Å². The second-order valence-corrected chi connectivity index (χ2v) is 7.42. The van der Waals surface area contributed by atoms with Gasteiger partial charge in [0, 0.05) is 24.9 Å². The lowest BCUT2D eigenvalue weighted by Gasteiger charge is -2.24. The average Bonchev–Trinajstić information content (AvgIpc) is 2.93. The van der Waals surface area contributed by atoms with E-state index in [0.717, 1.165) is 18.7 Å². The molecule has 3 nitrogen and oxygen atoms in total. The highest BCUT2D eigenvalue weighted by molar-refractivity contribution is 14.0. The molecule has 7 heteroatoms. The first kappa shape index (κ1) is 20.5. The van der Waals surface area contributed by atoms with Gasteiger partial charge in [0.1, 0.15) is 11.6 Å². The van der Waals surface area contributed by atoms with Crippen LogP contribution in [0.1, 0.15) is 25.3 Å². The average molecular weight is 455 g/mol. The van der Waals surface area contributed by atoms with Crippen LogP contribution >= 0.6 is 35.7 Å². The normalized spacial score (nSPS) is 21.0. The Hall–Kier alpha value is -0.570. The standard InChI is InChI=1S/C16H23F2N3S.HI/c1-16(7-3-9-22-16)11-21-15(19-2)20-8-6-12-10-13(17)4-5-14(12)18;/h4-5,10H,3,6-9,11H2,1-2H3,(H2,19,20,21);1H. The molecule has 0 amide bonds. The Morgan fingerprint density at radius 2 is 2.13 bits per heavy atom. The fraction of sp³-hybridized carbons (Fsp3) is 0.562. The van der Waals surface area contributed by atoms with Gasteiger partial charge in [-0.2, -0.15) is 11.8 Å². The van der Waals surface area contributed by atoms with Gasteiger partial charge in [-0.15, -0.1) is 24.0 Å². The third-order valence-corrected chi connectivity index (χ3v) is 5.39. The molecular weight excluding hydrogens is 431 g/mol. The number of aliphatic imine (C=N–C) groups is 1. The second-order valence-electron chi connectivity index (χ2n) is 5.74. The zero-order chi connectivity index (χ0) is 16.0. The molecule has 1 aliphatic heterocycles. The first-order chi connectivity index (χ1) is 10.5. The number of guanidine groups is 1. The van der Waals surface area contributed by atoms with Crippen LogP contribution in [0.15, 0.2) is 23.2 Å². The maximum Gasteiger partial charge on any atom is 0.191 e. The number of rotatable bonds is 5. The highest BCUT2D eigenvalue weighted by atomic mass is 127.